The molecule has 0 aliphatic heterocycles. The number of carbonyl (C=O) groups excluding carboxylic acids is 2. The molecule has 0 amide bonds. The Balaban J connectivity index is 3.95. The number of carbonyl (C=O) groups is 2. The second-order valence-electron chi connectivity index (χ2n) is 9.80. The molecular formula is C25H50NO9P. The maximum Gasteiger partial charge on any atom is 0.472 e. The van der Waals surface area contributed by atoms with Gasteiger partial charge in [0.25, 0.3) is 0 Å². The summed E-state index contributed by atoms with van der Waals surface area (Å²) in [7, 11) is -1.71. The number of esters is 2. The van der Waals surface area contributed by atoms with Crippen LogP contribution in [-0.4, -0.2) is 68.0 Å². The molecule has 0 bridgehead atoms. The molecule has 2 unspecified atom stereocenters. The van der Waals surface area contributed by atoms with Gasteiger partial charge in [0, 0.05) is 13.3 Å². The summed E-state index contributed by atoms with van der Waals surface area (Å²) in [5, 5.41) is 11.5. The second kappa shape index (κ2) is 21.0. The van der Waals surface area contributed by atoms with E-state index in [1.54, 1.807) is 0 Å². The number of hydrogen-bond donors (Lipinski definition) is 1. The van der Waals surface area contributed by atoms with Crippen molar-refractivity contribution in [1.29, 1.82) is 0 Å². The van der Waals surface area contributed by atoms with Crippen molar-refractivity contribution in [2.45, 2.75) is 110 Å². The van der Waals surface area contributed by atoms with E-state index in [-0.39, 0.29) is 26.2 Å². The van der Waals surface area contributed by atoms with Crippen molar-refractivity contribution in [2.75, 3.05) is 40.5 Å². The lowest BCUT2D eigenvalue weighted by Gasteiger charge is -2.33. The molecule has 1 N–H and O–H groups in total. The summed E-state index contributed by atoms with van der Waals surface area (Å²) in [6.07, 6.45) is 15.0. The lowest BCUT2D eigenvalue weighted by Crippen LogP contribution is -2.35. The average Bonchev–Trinajstić information content (AvgIpc) is 2.77. The predicted octanol–water partition coefficient (Wildman–Crippen LogP) is 5.65. The van der Waals surface area contributed by atoms with Crippen LogP contribution in [0.1, 0.15) is 104 Å². The SMILES string of the molecule is CCCCCCCCCCCCCCCC(=O)OCC(COP(=O)(O)OCC[N+](C)(C)[O-])OC(C)=O. The van der Waals surface area contributed by atoms with Crippen molar-refractivity contribution >= 4 is 19.8 Å². The van der Waals surface area contributed by atoms with Crippen molar-refractivity contribution in [3.63, 3.8) is 0 Å². The second-order valence-corrected chi connectivity index (χ2v) is 11.3. The molecule has 0 rings (SSSR count). The van der Waals surface area contributed by atoms with Gasteiger partial charge in [0.05, 0.1) is 20.7 Å². The molecule has 0 aliphatic carbocycles. The Kier molecular flexibility index (Phi) is 20.4. The Morgan fingerprint density at radius 2 is 1.36 bits per heavy atom. The maximum atomic E-state index is 12.0. The Hall–Kier alpha value is -1.03. The van der Waals surface area contributed by atoms with Crippen LogP contribution in [0.2, 0.25) is 0 Å². The first-order chi connectivity index (χ1) is 16.9. The van der Waals surface area contributed by atoms with Crippen molar-refractivity contribution < 1.29 is 42.2 Å². The first kappa shape index (κ1) is 35.0. The van der Waals surface area contributed by atoms with Gasteiger partial charge in [-0.15, -0.1) is 0 Å². The number of nitrogens with zero attached hydrogens (tertiary/aromatic N) is 1. The normalized spacial score (nSPS) is 14.3. The van der Waals surface area contributed by atoms with E-state index in [0.29, 0.717) is 0 Å². The molecule has 10 nitrogen and oxygen atoms in total. The molecule has 0 saturated heterocycles. The van der Waals surface area contributed by atoms with E-state index in [1.807, 2.05) is 0 Å². The van der Waals surface area contributed by atoms with E-state index in [9.17, 15) is 24.3 Å². The number of ether oxygens (including phenoxy) is 2. The van der Waals surface area contributed by atoms with Crippen LogP contribution < -0.4 is 0 Å². The van der Waals surface area contributed by atoms with Crippen LogP contribution in [0.15, 0.2) is 0 Å². The summed E-state index contributed by atoms with van der Waals surface area (Å²) >= 11 is 0. The summed E-state index contributed by atoms with van der Waals surface area (Å²) in [5.41, 5.74) is 0. The minimum atomic E-state index is -4.45. The molecule has 0 fully saturated rings. The standard InChI is InChI=1S/C25H50NO9P/c1-5-6-7-8-9-10-11-12-13-14-15-16-17-18-25(28)32-21-24(35-23(2)27)22-34-36(30,31)33-20-19-26(3,4)29/h24H,5-22H2,1-4H3,(H,30,31). The summed E-state index contributed by atoms with van der Waals surface area (Å²) in [4.78, 5) is 33.0. The van der Waals surface area contributed by atoms with Gasteiger partial charge in [0.1, 0.15) is 19.8 Å². The third kappa shape index (κ3) is 24.7. The first-order valence-corrected chi connectivity index (χ1v) is 14.9. The molecule has 0 heterocycles. The topological polar surface area (TPSA) is 131 Å². The molecule has 0 radical (unpaired) electrons. The van der Waals surface area contributed by atoms with Gasteiger partial charge in [0.2, 0.25) is 0 Å². The highest BCUT2D eigenvalue weighted by Gasteiger charge is 2.26. The number of unbranched alkanes of at least 4 members (excludes halogenated alkanes) is 12. The number of hydrogen-bond acceptors (Lipinski definition) is 8. The Bertz CT molecular complexity index is 625. The first-order valence-electron chi connectivity index (χ1n) is 13.4. The zero-order valence-electron chi connectivity index (χ0n) is 22.9. The molecule has 0 aromatic rings. The molecule has 214 valence electrons. The van der Waals surface area contributed by atoms with Crippen LogP contribution in [0.5, 0.6) is 0 Å². The Labute approximate surface area is 217 Å². The predicted molar refractivity (Wildman–Crippen MR) is 139 cm³/mol. The molecule has 2 atom stereocenters. The van der Waals surface area contributed by atoms with E-state index in [2.05, 4.69) is 6.92 Å². The zero-order valence-corrected chi connectivity index (χ0v) is 23.8. The summed E-state index contributed by atoms with van der Waals surface area (Å²) in [5.74, 6) is -1.07. The van der Waals surface area contributed by atoms with E-state index in [1.165, 1.54) is 85.2 Å². The number of hydroxylamine groups is 3. The minimum absolute atomic E-state index is 0.0436. The van der Waals surface area contributed by atoms with Gasteiger partial charge in [0.15, 0.2) is 6.10 Å². The fraction of sp³-hybridized carbons (Fsp3) is 0.920. The van der Waals surface area contributed by atoms with Gasteiger partial charge >= 0.3 is 19.8 Å². The summed E-state index contributed by atoms with van der Waals surface area (Å²) < 4.78 is 31.0. The third-order valence-corrected chi connectivity index (χ3v) is 6.54. The molecule has 0 aliphatic rings. The van der Waals surface area contributed by atoms with Crippen molar-refractivity contribution in [3.8, 4) is 0 Å². The Morgan fingerprint density at radius 1 is 0.861 bits per heavy atom. The molecular weight excluding hydrogens is 489 g/mol. The van der Waals surface area contributed by atoms with E-state index in [0.717, 1.165) is 19.3 Å². The van der Waals surface area contributed by atoms with Crippen molar-refractivity contribution in [2.24, 2.45) is 0 Å². The molecule has 0 aromatic heterocycles. The zero-order chi connectivity index (χ0) is 27.3. The van der Waals surface area contributed by atoms with Crippen LogP contribution in [-0.2, 0) is 32.7 Å². The van der Waals surface area contributed by atoms with Gasteiger partial charge in [-0.25, -0.2) is 4.57 Å². The molecule has 0 saturated carbocycles. The minimum Gasteiger partial charge on any atom is -0.633 e. The van der Waals surface area contributed by atoms with Crippen LogP contribution >= 0.6 is 7.82 Å². The van der Waals surface area contributed by atoms with E-state index in [4.69, 9.17) is 18.5 Å². The highest BCUT2D eigenvalue weighted by Crippen LogP contribution is 2.43. The summed E-state index contributed by atoms with van der Waals surface area (Å²) in [6, 6.07) is 0. The van der Waals surface area contributed by atoms with Crippen molar-refractivity contribution in [1.82, 2.24) is 0 Å². The largest absolute Gasteiger partial charge is 0.633 e. The van der Waals surface area contributed by atoms with Gasteiger partial charge in [-0.1, -0.05) is 84.0 Å². The van der Waals surface area contributed by atoms with E-state index < -0.39 is 37.1 Å². The highest BCUT2D eigenvalue weighted by molar-refractivity contribution is 7.47. The van der Waals surface area contributed by atoms with Crippen molar-refractivity contribution in [3.05, 3.63) is 5.21 Å². The lowest BCUT2D eigenvalue weighted by molar-refractivity contribution is -0.840. The number of likely N-dealkylation sites (N-methyl/N-ethyl adjacent to an activating group) is 1. The highest BCUT2D eigenvalue weighted by atomic mass is 31.2. The van der Waals surface area contributed by atoms with Gasteiger partial charge < -0.3 is 24.2 Å². The molecule has 11 heteroatoms. The fourth-order valence-electron chi connectivity index (χ4n) is 3.49. The number of quaternary nitrogens is 1. The fourth-order valence-corrected chi connectivity index (χ4v) is 4.23. The molecule has 0 spiro atoms. The monoisotopic (exact) mass is 539 g/mol. The Morgan fingerprint density at radius 3 is 1.83 bits per heavy atom. The van der Waals surface area contributed by atoms with Gasteiger partial charge in [-0.2, -0.15) is 0 Å². The number of rotatable bonds is 24. The van der Waals surface area contributed by atoms with Crippen LogP contribution in [0, 0.1) is 5.21 Å². The van der Waals surface area contributed by atoms with Gasteiger partial charge in [-0.05, 0) is 6.42 Å². The summed E-state index contributed by atoms with van der Waals surface area (Å²) in [6.45, 7) is 2.30. The molecule has 0 aromatic carbocycles. The van der Waals surface area contributed by atoms with Crippen LogP contribution in [0.3, 0.4) is 0 Å². The van der Waals surface area contributed by atoms with Gasteiger partial charge in [-0.3, -0.25) is 18.6 Å². The maximum absolute atomic E-state index is 12.0. The smallest absolute Gasteiger partial charge is 0.472 e. The van der Waals surface area contributed by atoms with Crippen LogP contribution in [0.4, 0.5) is 0 Å². The van der Waals surface area contributed by atoms with E-state index >= 15 is 0 Å². The van der Waals surface area contributed by atoms with Crippen LogP contribution in [0.25, 0.3) is 0 Å². The number of phosphoric acid groups is 1. The quantitative estimate of drug-likeness (QED) is 0.0543. The average molecular weight is 540 g/mol. The molecule has 36 heavy (non-hydrogen) atoms. The number of phosphoric ester groups is 1. The lowest BCUT2D eigenvalue weighted by atomic mass is 10.0. The third-order valence-electron chi connectivity index (χ3n) is 5.56.